The quantitative estimate of drug-likeness (QED) is 0.616. The topological polar surface area (TPSA) is 61.8 Å². The lowest BCUT2D eigenvalue weighted by atomic mass is 9.91. The number of nitrogens with zero attached hydrogens (tertiary/aromatic N) is 2. The van der Waals surface area contributed by atoms with E-state index in [9.17, 15) is 9.59 Å². The number of nitrogens with one attached hydrogen (secondary N) is 1. The Morgan fingerprint density at radius 2 is 2.38 bits per heavy atom. The molecule has 2 rings (SSSR count). The van der Waals surface area contributed by atoms with Gasteiger partial charge in [0.1, 0.15) is 0 Å². The van der Waals surface area contributed by atoms with Gasteiger partial charge in [0, 0.05) is 18.7 Å². The normalized spacial score (nSPS) is 20.6. The number of hydrogen-bond donors (Lipinski definition) is 1. The third kappa shape index (κ3) is 3.16. The number of allylic oxidation sites excluding steroid dienone is 1. The van der Waals surface area contributed by atoms with Crippen LogP contribution in [0.2, 0.25) is 0 Å². The molecule has 1 aliphatic heterocycles. The second-order valence-electron chi connectivity index (χ2n) is 4.74. The van der Waals surface area contributed by atoms with E-state index in [1.807, 2.05) is 6.92 Å². The molecule has 110 valence electrons. The van der Waals surface area contributed by atoms with Crippen LogP contribution in [0.4, 0.5) is 0 Å². The number of aliphatic imine (C=N–C) groups is 1. The van der Waals surface area contributed by atoms with Crippen LogP contribution in [0.1, 0.15) is 13.3 Å². The monoisotopic (exact) mass is 303 g/mol. The van der Waals surface area contributed by atoms with Crippen LogP contribution in [0.5, 0.6) is 0 Å². The minimum Gasteiger partial charge on any atom is -0.349 e. The number of carbonyl (C=O) groups is 2. The van der Waals surface area contributed by atoms with E-state index >= 15 is 0 Å². The second kappa shape index (κ2) is 6.58. The Morgan fingerprint density at radius 1 is 1.62 bits per heavy atom. The molecule has 21 heavy (non-hydrogen) atoms. The van der Waals surface area contributed by atoms with Gasteiger partial charge in [-0.1, -0.05) is 25.2 Å². The van der Waals surface area contributed by atoms with Crippen LogP contribution < -0.4 is 5.32 Å². The van der Waals surface area contributed by atoms with Gasteiger partial charge >= 0.3 is 0 Å². The summed E-state index contributed by atoms with van der Waals surface area (Å²) in [6, 6.07) is 0. The van der Waals surface area contributed by atoms with Crippen LogP contribution in [0.25, 0.3) is 0 Å². The molecular formula is C15H17N3O2S. The van der Waals surface area contributed by atoms with Gasteiger partial charge in [0.15, 0.2) is 0 Å². The molecule has 0 bridgehead atoms. The lowest BCUT2D eigenvalue weighted by Crippen LogP contribution is -2.46. The van der Waals surface area contributed by atoms with Gasteiger partial charge in [-0.05, 0) is 24.7 Å². The van der Waals surface area contributed by atoms with Crippen LogP contribution in [0, 0.1) is 5.92 Å². The van der Waals surface area contributed by atoms with E-state index < -0.39 is 5.92 Å². The summed E-state index contributed by atoms with van der Waals surface area (Å²) in [5, 5.41) is 2.96. The Kier molecular flexibility index (Phi) is 4.80. The summed E-state index contributed by atoms with van der Waals surface area (Å²) in [5.74, 6) is -0.745. The molecule has 6 heteroatoms. The first-order valence-corrected chi connectivity index (χ1v) is 7.22. The van der Waals surface area contributed by atoms with Crippen LogP contribution in [-0.4, -0.2) is 40.6 Å². The largest absolute Gasteiger partial charge is 0.349 e. The van der Waals surface area contributed by atoms with Gasteiger partial charge in [-0.2, -0.15) is 0 Å². The number of amides is 2. The summed E-state index contributed by atoms with van der Waals surface area (Å²) in [5.41, 5.74) is 0.995. The number of thiocarbonyl (C=S) groups is 1. The minimum absolute atomic E-state index is 0.0788. The molecule has 0 aromatic heterocycles. The summed E-state index contributed by atoms with van der Waals surface area (Å²) in [6.45, 7) is 6.48. The first kappa shape index (κ1) is 15.3. The Hall–Kier alpha value is -2.08. The highest BCUT2D eigenvalue weighted by molar-refractivity contribution is 7.80. The Balaban J connectivity index is 2.23. The minimum atomic E-state index is -0.445. The molecule has 0 aromatic rings. The molecule has 1 atom stereocenters. The van der Waals surface area contributed by atoms with Crippen molar-refractivity contribution in [2.45, 2.75) is 13.3 Å². The van der Waals surface area contributed by atoms with Crippen molar-refractivity contribution >= 4 is 34.9 Å². The van der Waals surface area contributed by atoms with Crippen molar-refractivity contribution in [3.8, 4) is 0 Å². The molecule has 1 aliphatic carbocycles. The molecule has 0 saturated heterocycles. The lowest BCUT2D eigenvalue weighted by Gasteiger charge is -2.30. The standard InChI is InChI=1S/C15H17N3O2S/c1-3-7-16-13(19)10-5-6-11-12(9-10)17-15(21)18(8-4-2)14(11)20/h3,5-6,9,11H,1,4,7-8H2,2H3,(H,16,19). The Bertz CT molecular complexity index is 590. The number of fused-ring (bicyclic) bond motifs is 1. The zero-order valence-corrected chi connectivity index (χ0v) is 12.7. The molecule has 0 spiro atoms. The van der Waals surface area contributed by atoms with Crippen molar-refractivity contribution in [3.05, 3.63) is 36.5 Å². The molecule has 0 saturated carbocycles. The molecular weight excluding hydrogens is 286 g/mol. The zero-order chi connectivity index (χ0) is 15.4. The molecule has 5 nitrogen and oxygen atoms in total. The maximum absolute atomic E-state index is 12.4. The van der Waals surface area contributed by atoms with Crippen molar-refractivity contribution < 1.29 is 9.59 Å². The van der Waals surface area contributed by atoms with Crippen LogP contribution in [-0.2, 0) is 9.59 Å². The van der Waals surface area contributed by atoms with E-state index in [1.165, 1.54) is 4.90 Å². The van der Waals surface area contributed by atoms with Gasteiger partial charge in [-0.25, -0.2) is 4.99 Å². The van der Waals surface area contributed by atoms with Gasteiger partial charge in [0.2, 0.25) is 11.0 Å². The van der Waals surface area contributed by atoms with Crippen molar-refractivity contribution in [2.75, 3.05) is 13.1 Å². The number of carbonyl (C=O) groups excluding carboxylic acids is 2. The average molecular weight is 303 g/mol. The molecule has 2 amide bonds. The van der Waals surface area contributed by atoms with E-state index in [-0.39, 0.29) is 16.9 Å². The predicted molar refractivity (Wildman–Crippen MR) is 86.0 cm³/mol. The first-order chi connectivity index (χ1) is 10.1. The summed E-state index contributed by atoms with van der Waals surface area (Å²) in [7, 11) is 0. The van der Waals surface area contributed by atoms with E-state index in [4.69, 9.17) is 12.2 Å². The summed E-state index contributed by atoms with van der Waals surface area (Å²) in [4.78, 5) is 30.1. The van der Waals surface area contributed by atoms with E-state index in [2.05, 4.69) is 16.9 Å². The van der Waals surface area contributed by atoms with Gasteiger partial charge in [0.25, 0.3) is 5.91 Å². The van der Waals surface area contributed by atoms with Crippen LogP contribution in [0.15, 0.2) is 41.4 Å². The van der Waals surface area contributed by atoms with Crippen molar-refractivity contribution in [3.63, 3.8) is 0 Å². The summed E-state index contributed by atoms with van der Waals surface area (Å²) >= 11 is 5.16. The number of rotatable bonds is 5. The highest BCUT2D eigenvalue weighted by atomic mass is 32.1. The van der Waals surface area contributed by atoms with Gasteiger partial charge in [0.05, 0.1) is 11.6 Å². The third-order valence-electron chi connectivity index (χ3n) is 3.19. The van der Waals surface area contributed by atoms with E-state index in [0.29, 0.717) is 24.4 Å². The summed E-state index contributed by atoms with van der Waals surface area (Å²) < 4.78 is 0. The van der Waals surface area contributed by atoms with Crippen molar-refractivity contribution in [1.29, 1.82) is 0 Å². The highest BCUT2D eigenvalue weighted by Gasteiger charge is 2.34. The predicted octanol–water partition coefficient (Wildman–Crippen LogP) is 1.38. The van der Waals surface area contributed by atoms with Gasteiger partial charge in [-0.15, -0.1) is 6.58 Å². The lowest BCUT2D eigenvalue weighted by molar-refractivity contribution is -0.128. The van der Waals surface area contributed by atoms with Gasteiger partial charge in [-0.3, -0.25) is 14.5 Å². The fourth-order valence-electron chi connectivity index (χ4n) is 2.18. The second-order valence-corrected chi connectivity index (χ2v) is 5.11. The first-order valence-electron chi connectivity index (χ1n) is 6.81. The maximum atomic E-state index is 12.4. The fraction of sp³-hybridized carbons (Fsp3) is 0.333. The molecule has 0 fully saturated rings. The van der Waals surface area contributed by atoms with Crippen molar-refractivity contribution in [1.82, 2.24) is 10.2 Å². The third-order valence-corrected chi connectivity index (χ3v) is 3.51. The smallest absolute Gasteiger partial charge is 0.251 e. The molecule has 2 aliphatic rings. The summed E-state index contributed by atoms with van der Waals surface area (Å²) in [6.07, 6.45) is 7.40. The average Bonchev–Trinajstić information content (AvgIpc) is 2.48. The molecule has 0 radical (unpaired) electrons. The number of hydrogen-bond acceptors (Lipinski definition) is 3. The Labute approximate surface area is 129 Å². The van der Waals surface area contributed by atoms with Crippen LogP contribution >= 0.6 is 12.2 Å². The van der Waals surface area contributed by atoms with E-state index in [1.54, 1.807) is 24.3 Å². The zero-order valence-electron chi connectivity index (χ0n) is 11.8. The molecule has 1 N–H and O–H groups in total. The van der Waals surface area contributed by atoms with Crippen LogP contribution in [0.3, 0.4) is 0 Å². The fourth-order valence-corrected chi connectivity index (χ4v) is 2.46. The SMILES string of the molecule is C=CCNC(=O)C1=CC2=NC(=S)N(CCC)C(=O)C2C=C1. The van der Waals surface area contributed by atoms with E-state index in [0.717, 1.165) is 6.42 Å². The molecule has 1 heterocycles. The maximum Gasteiger partial charge on any atom is 0.251 e. The van der Waals surface area contributed by atoms with Gasteiger partial charge < -0.3 is 5.32 Å². The van der Waals surface area contributed by atoms with Crippen molar-refractivity contribution in [2.24, 2.45) is 10.9 Å². The Morgan fingerprint density at radius 3 is 3.05 bits per heavy atom. The highest BCUT2D eigenvalue weighted by Crippen LogP contribution is 2.22. The molecule has 1 unspecified atom stereocenters. The molecule has 0 aromatic carbocycles.